The first-order valence-electron chi connectivity index (χ1n) is 10.5. The molecule has 0 spiro atoms. The third-order valence-electron chi connectivity index (χ3n) is 5.17. The maximum atomic E-state index is 14.5. The molecule has 11 heteroatoms. The summed E-state index contributed by atoms with van der Waals surface area (Å²) in [5.74, 6) is -4.49. The Balaban J connectivity index is 0.000000945. The number of aliphatic carboxylic acids is 1. The van der Waals surface area contributed by atoms with Crippen LogP contribution in [-0.4, -0.2) is 58.3 Å². The van der Waals surface area contributed by atoms with E-state index >= 15 is 0 Å². The second kappa shape index (κ2) is 11.8. The molecular weight excluding hydrogens is 566 g/mol. The van der Waals surface area contributed by atoms with Gasteiger partial charge in [0, 0.05) is 23.1 Å². The summed E-state index contributed by atoms with van der Waals surface area (Å²) in [7, 11) is 0. The van der Waals surface area contributed by atoms with Crippen molar-refractivity contribution < 1.29 is 33.0 Å². The Hall–Kier alpha value is -2.38. The first-order valence-corrected chi connectivity index (χ1v) is 11.6. The molecular formula is C23H27F3IN3O4. The van der Waals surface area contributed by atoms with E-state index in [4.69, 9.17) is 9.90 Å². The van der Waals surface area contributed by atoms with Crippen LogP contribution in [0.2, 0.25) is 0 Å². The van der Waals surface area contributed by atoms with Crippen LogP contribution >= 0.6 is 22.6 Å². The lowest BCUT2D eigenvalue weighted by Crippen LogP contribution is -2.67. The quantitative estimate of drug-likeness (QED) is 0.361. The Morgan fingerprint density at radius 1 is 1.18 bits per heavy atom. The van der Waals surface area contributed by atoms with Crippen molar-refractivity contribution in [2.75, 3.05) is 25.0 Å². The summed E-state index contributed by atoms with van der Waals surface area (Å²) in [5.41, 5.74) is -1.73. The van der Waals surface area contributed by atoms with Crippen LogP contribution in [0.4, 0.5) is 24.5 Å². The third-order valence-corrected chi connectivity index (χ3v) is 5.84. The number of benzene rings is 2. The van der Waals surface area contributed by atoms with E-state index in [9.17, 15) is 23.1 Å². The maximum absolute atomic E-state index is 14.5. The molecule has 0 aromatic heterocycles. The van der Waals surface area contributed by atoms with Crippen molar-refractivity contribution in [2.24, 2.45) is 0 Å². The Bertz CT molecular complexity index is 1040. The lowest BCUT2D eigenvalue weighted by Gasteiger charge is -2.47. The number of halogens is 4. The van der Waals surface area contributed by atoms with Gasteiger partial charge in [0.15, 0.2) is 11.6 Å². The van der Waals surface area contributed by atoms with Gasteiger partial charge >= 0.3 is 0 Å². The molecule has 0 aliphatic carbocycles. The van der Waals surface area contributed by atoms with Gasteiger partial charge in [-0.1, -0.05) is 6.92 Å². The number of carboxylic acids is 1. The molecule has 2 aromatic carbocycles. The number of likely N-dealkylation sites (tertiary alicyclic amines) is 1. The highest BCUT2D eigenvalue weighted by Crippen LogP contribution is 2.31. The maximum Gasteiger partial charge on any atom is 0.300 e. The highest BCUT2D eigenvalue weighted by molar-refractivity contribution is 14.1. The Morgan fingerprint density at radius 2 is 1.79 bits per heavy atom. The number of carboxylic acid groups (broad SMARTS) is 1. The molecule has 0 radical (unpaired) electrons. The second-order valence-electron chi connectivity index (χ2n) is 8.13. The number of amides is 1. The van der Waals surface area contributed by atoms with Gasteiger partial charge in [0.05, 0.1) is 30.0 Å². The molecule has 0 saturated carbocycles. The summed E-state index contributed by atoms with van der Waals surface area (Å²) in [6, 6.07) is 6.46. The minimum absolute atomic E-state index is 0.0611. The molecule has 1 atom stereocenters. The molecule has 186 valence electrons. The van der Waals surface area contributed by atoms with E-state index in [2.05, 4.69) is 10.6 Å². The predicted octanol–water partition coefficient (Wildman–Crippen LogP) is 4.12. The van der Waals surface area contributed by atoms with Crippen LogP contribution in [0.15, 0.2) is 30.3 Å². The van der Waals surface area contributed by atoms with Gasteiger partial charge in [-0.05, 0) is 66.3 Å². The number of rotatable bonds is 7. The fraction of sp³-hybridized carbons (Fsp3) is 0.391. The average Bonchev–Trinajstić information content (AvgIpc) is 2.74. The van der Waals surface area contributed by atoms with Crippen molar-refractivity contribution >= 4 is 45.8 Å². The predicted molar refractivity (Wildman–Crippen MR) is 131 cm³/mol. The summed E-state index contributed by atoms with van der Waals surface area (Å²) < 4.78 is 43.2. The van der Waals surface area contributed by atoms with Gasteiger partial charge in [0.2, 0.25) is 0 Å². The molecule has 1 heterocycles. The van der Waals surface area contributed by atoms with E-state index < -0.39 is 40.6 Å². The number of nitrogens with one attached hydrogen (secondary N) is 2. The Morgan fingerprint density at radius 3 is 2.35 bits per heavy atom. The van der Waals surface area contributed by atoms with E-state index in [1.165, 1.54) is 17.0 Å². The average molecular weight is 593 g/mol. The van der Waals surface area contributed by atoms with Crippen LogP contribution in [0, 0.1) is 21.0 Å². The number of carbonyl (C=O) groups excluding carboxylic acids is 1. The smallest absolute Gasteiger partial charge is 0.300 e. The summed E-state index contributed by atoms with van der Waals surface area (Å²) in [5, 5.41) is 23.7. The number of hydrogen-bond acceptors (Lipinski definition) is 5. The van der Waals surface area contributed by atoms with E-state index in [1.807, 2.05) is 36.4 Å². The standard InChI is InChI=1S/C21H23F3IN3O2.C2H4O2/c1-3-12(2)26-9-21(30)10-28(11-21)20(29)14-5-6-15(22)18(24)19(14)27-17-7-4-13(25)8-16(17)23;1-2(3)4/h4-8,12,26-27,30H,3,9-11H2,1-2H3;1H3,(H,3,4). The monoisotopic (exact) mass is 593 g/mol. The molecule has 1 unspecified atom stereocenters. The molecule has 3 rings (SSSR count). The number of carbonyl (C=O) groups is 2. The third kappa shape index (κ3) is 7.31. The first-order chi connectivity index (χ1) is 15.9. The number of aliphatic hydroxyl groups is 1. The lowest BCUT2D eigenvalue weighted by atomic mass is 9.92. The van der Waals surface area contributed by atoms with Crippen molar-refractivity contribution in [1.82, 2.24) is 10.2 Å². The van der Waals surface area contributed by atoms with E-state index in [0.717, 1.165) is 25.5 Å². The zero-order valence-corrected chi connectivity index (χ0v) is 21.1. The largest absolute Gasteiger partial charge is 0.481 e. The normalized spacial score (nSPS) is 15.0. The molecule has 7 nitrogen and oxygen atoms in total. The van der Waals surface area contributed by atoms with Gasteiger partial charge in [0.25, 0.3) is 11.9 Å². The van der Waals surface area contributed by atoms with Crippen molar-refractivity contribution in [3.05, 3.63) is 56.9 Å². The van der Waals surface area contributed by atoms with Gasteiger partial charge in [-0.15, -0.1) is 0 Å². The van der Waals surface area contributed by atoms with Crippen LogP contribution in [0.5, 0.6) is 0 Å². The summed E-state index contributed by atoms with van der Waals surface area (Å²) in [4.78, 5) is 23.2. The zero-order valence-electron chi connectivity index (χ0n) is 19.0. The van der Waals surface area contributed by atoms with Crippen LogP contribution < -0.4 is 10.6 Å². The zero-order chi connectivity index (χ0) is 25.6. The van der Waals surface area contributed by atoms with Crippen LogP contribution in [-0.2, 0) is 4.79 Å². The summed E-state index contributed by atoms with van der Waals surface area (Å²) in [6.45, 7) is 5.54. The molecule has 4 N–H and O–H groups in total. The van der Waals surface area contributed by atoms with Gasteiger partial charge in [-0.3, -0.25) is 9.59 Å². The molecule has 1 amide bonds. The Kier molecular flexibility index (Phi) is 9.71. The molecule has 1 aliphatic heterocycles. The lowest BCUT2D eigenvalue weighted by molar-refractivity contribution is -0.134. The van der Waals surface area contributed by atoms with Crippen LogP contribution in [0.1, 0.15) is 37.6 Å². The van der Waals surface area contributed by atoms with Crippen molar-refractivity contribution in [2.45, 2.75) is 38.8 Å². The number of hydrogen-bond donors (Lipinski definition) is 4. The van der Waals surface area contributed by atoms with E-state index in [1.54, 1.807) is 6.07 Å². The minimum Gasteiger partial charge on any atom is -0.481 e. The fourth-order valence-corrected chi connectivity index (χ4v) is 3.63. The highest BCUT2D eigenvalue weighted by Gasteiger charge is 2.44. The van der Waals surface area contributed by atoms with Crippen molar-refractivity contribution in [3.63, 3.8) is 0 Å². The Labute approximate surface area is 209 Å². The molecule has 34 heavy (non-hydrogen) atoms. The highest BCUT2D eigenvalue weighted by atomic mass is 127. The SMILES string of the molecule is CC(=O)O.CCC(C)NCC1(O)CN(C(=O)c2ccc(F)c(F)c2Nc2ccc(I)cc2F)C1. The fourth-order valence-electron chi connectivity index (χ4n) is 3.18. The van der Waals surface area contributed by atoms with Crippen molar-refractivity contribution in [3.8, 4) is 0 Å². The van der Waals surface area contributed by atoms with Gasteiger partial charge in [0.1, 0.15) is 11.4 Å². The number of nitrogens with zero attached hydrogens (tertiary/aromatic N) is 1. The summed E-state index contributed by atoms with van der Waals surface area (Å²) >= 11 is 1.93. The number of β-amino-alcohol motifs (C(OH)–C–C–N with tert-alkyl or cyclic N) is 1. The van der Waals surface area contributed by atoms with Crippen LogP contribution in [0.25, 0.3) is 0 Å². The second-order valence-corrected chi connectivity index (χ2v) is 9.37. The first kappa shape index (κ1) is 27.9. The number of anilines is 2. The molecule has 1 aliphatic rings. The summed E-state index contributed by atoms with van der Waals surface area (Å²) in [6.07, 6.45) is 0.901. The minimum atomic E-state index is -1.27. The molecule has 0 bridgehead atoms. The molecule has 1 fully saturated rings. The molecule has 1 saturated heterocycles. The topological polar surface area (TPSA) is 102 Å². The van der Waals surface area contributed by atoms with Crippen LogP contribution in [0.3, 0.4) is 0 Å². The van der Waals surface area contributed by atoms with Gasteiger partial charge < -0.3 is 25.7 Å². The van der Waals surface area contributed by atoms with Gasteiger partial charge in [-0.25, -0.2) is 13.2 Å². The van der Waals surface area contributed by atoms with E-state index in [-0.39, 0.29) is 30.4 Å². The van der Waals surface area contributed by atoms with E-state index in [0.29, 0.717) is 10.1 Å². The van der Waals surface area contributed by atoms with Gasteiger partial charge in [-0.2, -0.15) is 0 Å². The van der Waals surface area contributed by atoms with Crippen molar-refractivity contribution in [1.29, 1.82) is 0 Å². The molecule has 2 aromatic rings.